The van der Waals surface area contributed by atoms with Crippen LogP contribution in [-0.4, -0.2) is 117 Å². The van der Waals surface area contributed by atoms with E-state index in [-0.39, 0.29) is 48.2 Å². The number of halogens is 3. The number of likely N-dealkylation sites (N-methyl/N-ethyl adjacent to an activating group) is 1. The lowest BCUT2D eigenvalue weighted by molar-refractivity contribution is -0.915. The lowest BCUT2D eigenvalue weighted by Crippen LogP contribution is -3.00. The number of hydrogen-bond donors (Lipinski definition) is 3. The summed E-state index contributed by atoms with van der Waals surface area (Å²) in [5.41, 5.74) is 2.87. The predicted octanol–water partition coefficient (Wildman–Crippen LogP) is 3.86. The second-order valence-electron chi connectivity index (χ2n) is 16.5. The van der Waals surface area contributed by atoms with E-state index < -0.39 is 23.8 Å². The molecule has 0 aliphatic carbocycles. The van der Waals surface area contributed by atoms with Gasteiger partial charge in [0, 0.05) is 81.3 Å². The molecular weight excluding hydrogens is 890 g/mol. The highest BCUT2D eigenvalue weighted by Gasteiger charge is 2.40. The van der Waals surface area contributed by atoms with Crippen molar-refractivity contribution in [1.82, 2.24) is 20.4 Å². The normalized spacial score (nSPS) is 18.8. The molecule has 15 heteroatoms. The topological polar surface area (TPSA) is 121 Å². The van der Waals surface area contributed by atoms with Crippen LogP contribution in [0.5, 0.6) is 5.75 Å². The number of carbonyl (C=O) groups is 3. The lowest BCUT2D eigenvalue weighted by Gasteiger charge is -2.43. The Morgan fingerprint density at radius 3 is 2.34 bits per heavy atom. The Kier molecular flexibility index (Phi) is 18.4. The minimum absolute atomic E-state index is 0. The Bertz CT molecular complexity index is 1820. The highest BCUT2D eigenvalue weighted by atomic mass is 127. The van der Waals surface area contributed by atoms with Gasteiger partial charge >= 0.3 is 12.2 Å². The van der Waals surface area contributed by atoms with E-state index in [4.69, 9.17) is 25.8 Å². The molecule has 1 atom stereocenters. The fourth-order valence-electron chi connectivity index (χ4n) is 7.58. The molecule has 0 bridgehead atoms. The Hall–Kier alpha value is -3.86. The predicted molar refractivity (Wildman–Crippen MR) is 224 cm³/mol. The first-order valence-corrected chi connectivity index (χ1v) is 20.8. The third kappa shape index (κ3) is 15.0. The largest absolute Gasteiger partial charge is 1.00 e. The number of anilines is 1. The number of ether oxygens (including phenoxy) is 3. The van der Waals surface area contributed by atoms with Gasteiger partial charge in [-0.2, -0.15) is 0 Å². The van der Waals surface area contributed by atoms with Crippen molar-refractivity contribution in [3.63, 3.8) is 0 Å². The first-order chi connectivity index (χ1) is 27.7. The molecule has 5 rings (SSSR count). The van der Waals surface area contributed by atoms with E-state index in [1.54, 1.807) is 12.1 Å². The smallest absolute Gasteiger partial charge is 0.408 e. The quantitative estimate of drug-likeness (QED) is 0.113. The maximum Gasteiger partial charge on any atom is 0.408 e. The van der Waals surface area contributed by atoms with Gasteiger partial charge in [-0.25, -0.2) is 14.0 Å². The summed E-state index contributed by atoms with van der Waals surface area (Å²) in [6.45, 7) is 13.8. The fraction of sp³-hybridized carbons (Fsp3) is 0.523. The third-order valence-electron chi connectivity index (χ3n) is 10.8. The molecule has 0 saturated carbocycles. The average molecular weight is 951 g/mol. The Labute approximate surface area is 371 Å². The van der Waals surface area contributed by atoms with E-state index >= 15 is 0 Å². The molecule has 0 radical (unpaired) electrons. The minimum atomic E-state index is -0.738. The van der Waals surface area contributed by atoms with Crippen LogP contribution in [0.25, 0.3) is 0 Å². The van der Waals surface area contributed by atoms with E-state index in [1.807, 2.05) is 81.1 Å². The van der Waals surface area contributed by atoms with Crippen molar-refractivity contribution in [2.45, 2.75) is 71.8 Å². The van der Waals surface area contributed by atoms with Gasteiger partial charge in [-0.3, -0.25) is 9.69 Å². The molecule has 3 aromatic carbocycles. The molecule has 2 fully saturated rings. The van der Waals surface area contributed by atoms with Crippen molar-refractivity contribution in [3.8, 4) is 5.75 Å². The number of piperidine rings is 1. The summed E-state index contributed by atoms with van der Waals surface area (Å²) >= 11 is 6.44. The number of likely N-dealkylation sites (tertiary alicyclic amines) is 1. The standard InChI is InChI=1S/C44H60ClFN6O6.HI/c1-6-56-39-14-10-13-37(46)36(39)30-50-22-24-51(25-23-50)41(53)40(49-43(55)57-31-32-11-8-7-9-12-32)33-17-26-52(5,27-18-33)28-19-34-29-35(45)15-16-38(34)47-20-21-48-42(54)58-44(2,3)4;/h7-16,29,33,40,47H,6,17-28,30-31H2,1-5H3,(H-,48,49,54,55);1H/t33?,40-,52?;/m1./s1. The molecule has 2 saturated heterocycles. The molecule has 3 amide bonds. The number of nitrogens with one attached hydrogen (secondary N) is 3. The van der Waals surface area contributed by atoms with Gasteiger partial charge in [0.15, 0.2) is 0 Å². The average Bonchev–Trinajstić information content (AvgIpc) is 3.19. The van der Waals surface area contributed by atoms with Crippen LogP contribution in [-0.2, 0) is 33.8 Å². The van der Waals surface area contributed by atoms with Gasteiger partial charge < -0.3 is 63.5 Å². The van der Waals surface area contributed by atoms with Crippen LogP contribution in [0.15, 0.2) is 66.7 Å². The number of carbonyl (C=O) groups excluding carboxylic acids is 3. The molecule has 3 aromatic rings. The molecule has 0 spiro atoms. The number of rotatable bonds is 16. The number of nitrogens with zero attached hydrogens (tertiary/aromatic N) is 3. The van der Waals surface area contributed by atoms with Gasteiger partial charge in [0.25, 0.3) is 0 Å². The number of benzene rings is 3. The highest BCUT2D eigenvalue weighted by Crippen LogP contribution is 2.29. The fourth-order valence-corrected chi connectivity index (χ4v) is 7.77. The van der Waals surface area contributed by atoms with Crippen molar-refractivity contribution in [2.24, 2.45) is 5.92 Å². The second kappa shape index (κ2) is 22.7. The van der Waals surface area contributed by atoms with E-state index in [0.29, 0.717) is 68.8 Å². The van der Waals surface area contributed by atoms with Crippen LogP contribution in [0.1, 0.15) is 57.2 Å². The van der Waals surface area contributed by atoms with Gasteiger partial charge in [0.05, 0.1) is 33.3 Å². The van der Waals surface area contributed by atoms with E-state index in [0.717, 1.165) is 60.2 Å². The minimum Gasteiger partial charge on any atom is -1.00 e. The third-order valence-corrected chi connectivity index (χ3v) is 11.1. The summed E-state index contributed by atoms with van der Waals surface area (Å²) in [5.74, 6) is 0.0410. The molecule has 2 heterocycles. The molecule has 324 valence electrons. The van der Waals surface area contributed by atoms with Gasteiger partial charge in [-0.1, -0.05) is 48.0 Å². The first kappa shape index (κ1) is 47.8. The van der Waals surface area contributed by atoms with Gasteiger partial charge in [-0.05, 0) is 75.1 Å². The van der Waals surface area contributed by atoms with Crippen LogP contribution >= 0.6 is 11.6 Å². The SMILES string of the molecule is CCOc1cccc(F)c1CN1CCN(C(=O)[C@H](NC(=O)OCc2ccccc2)C2CC[N+](C)(CCc3cc(Cl)ccc3NCCNC(=O)OC(C)(C)C)CC2)CC1.[I-]. The molecule has 12 nitrogen and oxygen atoms in total. The van der Waals surface area contributed by atoms with Gasteiger partial charge in [-0.15, -0.1) is 0 Å². The van der Waals surface area contributed by atoms with Crippen molar-refractivity contribution in [3.05, 3.63) is 94.3 Å². The maximum absolute atomic E-state index is 14.8. The monoisotopic (exact) mass is 950 g/mol. The van der Waals surface area contributed by atoms with E-state index in [2.05, 4.69) is 27.9 Å². The summed E-state index contributed by atoms with van der Waals surface area (Å²) in [7, 11) is 2.24. The van der Waals surface area contributed by atoms with Crippen molar-refractivity contribution < 1.29 is 61.4 Å². The molecule has 0 aromatic heterocycles. The van der Waals surface area contributed by atoms with Crippen LogP contribution < -0.4 is 44.7 Å². The number of hydrogen-bond acceptors (Lipinski definition) is 8. The molecule has 0 unspecified atom stereocenters. The highest BCUT2D eigenvalue weighted by molar-refractivity contribution is 6.30. The summed E-state index contributed by atoms with van der Waals surface area (Å²) in [4.78, 5) is 43.6. The number of quaternary nitrogens is 1. The Morgan fingerprint density at radius 2 is 1.66 bits per heavy atom. The number of alkyl carbamates (subject to hydrolysis) is 2. The van der Waals surface area contributed by atoms with Crippen LogP contribution in [0.3, 0.4) is 0 Å². The van der Waals surface area contributed by atoms with Gasteiger partial charge in [0.1, 0.15) is 29.8 Å². The summed E-state index contributed by atoms with van der Waals surface area (Å²) in [6, 6.07) is 19.4. The molecule has 2 aliphatic heterocycles. The molecule has 59 heavy (non-hydrogen) atoms. The maximum atomic E-state index is 14.8. The van der Waals surface area contributed by atoms with Gasteiger partial charge in [0.2, 0.25) is 5.91 Å². The number of amides is 3. The first-order valence-electron chi connectivity index (χ1n) is 20.4. The number of piperazine rings is 1. The summed E-state index contributed by atoms with van der Waals surface area (Å²) < 4.78 is 32.3. The van der Waals surface area contributed by atoms with Crippen LogP contribution in [0.2, 0.25) is 5.02 Å². The van der Waals surface area contributed by atoms with Crippen LogP contribution in [0, 0.1) is 11.7 Å². The zero-order valence-electron chi connectivity index (χ0n) is 35.0. The van der Waals surface area contributed by atoms with E-state index in [1.165, 1.54) is 6.07 Å². The summed E-state index contributed by atoms with van der Waals surface area (Å²) in [5, 5.41) is 9.85. The van der Waals surface area contributed by atoms with Crippen molar-refractivity contribution in [2.75, 3.05) is 77.9 Å². The van der Waals surface area contributed by atoms with E-state index in [9.17, 15) is 18.8 Å². The van der Waals surface area contributed by atoms with Crippen LogP contribution in [0.4, 0.5) is 19.7 Å². The molecule has 2 aliphatic rings. The Morgan fingerprint density at radius 1 is 0.949 bits per heavy atom. The molecule has 3 N–H and O–H groups in total. The van der Waals surface area contributed by atoms with Crippen molar-refractivity contribution >= 4 is 35.4 Å². The summed E-state index contributed by atoms with van der Waals surface area (Å²) in [6.07, 6.45) is 1.20. The second-order valence-corrected chi connectivity index (χ2v) is 16.9. The zero-order valence-corrected chi connectivity index (χ0v) is 38.0. The zero-order chi connectivity index (χ0) is 41.7. The molecular formula is C44H61ClFIN6O6. The lowest BCUT2D eigenvalue weighted by atomic mass is 9.87. The van der Waals surface area contributed by atoms with Crippen molar-refractivity contribution in [1.29, 1.82) is 0 Å². The Balaban J connectivity index is 0.00000769.